The van der Waals surface area contributed by atoms with E-state index in [4.69, 9.17) is 16.3 Å². The molecule has 1 saturated carbocycles. The van der Waals surface area contributed by atoms with Crippen LogP contribution in [0.5, 0.6) is 0 Å². The average molecular weight is 338 g/mol. The van der Waals surface area contributed by atoms with Crippen LogP contribution in [0.4, 0.5) is 0 Å². The van der Waals surface area contributed by atoms with Crippen molar-refractivity contribution in [1.82, 2.24) is 4.90 Å². The molecular formula is C18H24ClNO3. The molecule has 1 fully saturated rings. The molecule has 0 unspecified atom stereocenters. The van der Waals surface area contributed by atoms with Crippen molar-refractivity contribution < 1.29 is 14.3 Å². The Kier molecular flexibility index (Phi) is 6.90. The molecule has 126 valence electrons. The van der Waals surface area contributed by atoms with E-state index in [2.05, 4.69) is 0 Å². The minimum Gasteiger partial charge on any atom is -0.469 e. The zero-order valence-electron chi connectivity index (χ0n) is 13.6. The highest BCUT2D eigenvalue weighted by Crippen LogP contribution is 2.25. The molecule has 0 heterocycles. The van der Waals surface area contributed by atoms with Crippen LogP contribution >= 0.6 is 11.6 Å². The lowest BCUT2D eigenvalue weighted by atomic mass is 10.0. The second-order valence-corrected chi connectivity index (χ2v) is 6.36. The number of carbonyl (C=O) groups is 2. The van der Waals surface area contributed by atoms with Gasteiger partial charge in [0.05, 0.1) is 24.1 Å². The third-order valence-electron chi connectivity index (χ3n) is 4.42. The van der Waals surface area contributed by atoms with E-state index < -0.39 is 0 Å². The molecule has 0 bridgehead atoms. The van der Waals surface area contributed by atoms with Crippen LogP contribution in [0.1, 0.15) is 55.3 Å². The van der Waals surface area contributed by atoms with E-state index in [-0.39, 0.29) is 24.3 Å². The minimum atomic E-state index is -0.296. The van der Waals surface area contributed by atoms with Crippen LogP contribution in [0.3, 0.4) is 0 Å². The number of nitrogens with zero attached hydrogens (tertiary/aromatic N) is 1. The van der Waals surface area contributed by atoms with Crippen molar-refractivity contribution in [2.75, 3.05) is 13.7 Å². The number of hydrogen-bond acceptors (Lipinski definition) is 3. The second-order valence-electron chi connectivity index (χ2n) is 5.95. The predicted molar refractivity (Wildman–Crippen MR) is 90.6 cm³/mol. The molecule has 1 aliphatic carbocycles. The maximum Gasteiger partial charge on any atom is 0.307 e. The number of halogens is 1. The molecular weight excluding hydrogens is 314 g/mol. The number of methoxy groups -OCH3 is 1. The Morgan fingerprint density at radius 2 is 1.83 bits per heavy atom. The Morgan fingerprint density at radius 1 is 1.17 bits per heavy atom. The third kappa shape index (κ3) is 4.96. The fourth-order valence-corrected chi connectivity index (χ4v) is 3.34. The number of hydrogen-bond donors (Lipinski definition) is 0. The van der Waals surface area contributed by atoms with Crippen LogP contribution in [0.25, 0.3) is 0 Å². The molecule has 0 spiro atoms. The molecule has 0 atom stereocenters. The van der Waals surface area contributed by atoms with E-state index in [0.717, 1.165) is 25.7 Å². The van der Waals surface area contributed by atoms with Crippen LogP contribution in [-0.4, -0.2) is 36.5 Å². The van der Waals surface area contributed by atoms with Gasteiger partial charge in [-0.25, -0.2) is 0 Å². The summed E-state index contributed by atoms with van der Waals surface area (Å²) in [6.45, 7) is 0.376. The average Bonchev–Trinajstić information content (AvgIpc) is 2.84. The van der Waals surface area contributed by atoms with Crippen molar-refractivity contribution in [3.63, 3.8) is 0 Å². The topological polar surface area (TPSA) is 46.6 Å². The summed E-state index contributed by atoms with van der Waals surface area (Å²) in [6, 6.07) is 7.26. The highest BCUT2D eigenvalue weighted by Gasteiger charge is 2.27. The third-order valence-corrected chi connectivity index (χ3v) is 4.74. The Morgan fingerprint density at radius 3 is 2.43 bits per heavy atom. The summed E-state index contributed by atoms with van der Waals surface area (Å²) in [7, 11) is 1.37. The quantitative estimate of drug-likeness (QED) is 0.601. The van der Waals surface area contributed by atoms with Crippen molar-refractivity contribution in [2.45, 2.75) is 51.0 Å². The first-order valence-electron chi connectivity index (χ1n) is 8.26. The maximum atomic E-state index is 13.0. The van der Waals surface area contributed by atoms with Crippen LogP contribution in [0, 0.1) is 0 Å². The summed E-state index contributed by atoms with van der Waals surface area (Å²) in [4.78, 5) is 26.3. The van der Waals surface area contributed by atoms with Gasteiger partial charge < -0.3 is 9.64 Å². The molecule has 1 aliphatic rings. The lowest BCUT2D eigenvalue weighted by Gasteiger charge is -2.31. The highest BCUT2D eigenvalue weighted by molar-refractivity contribution is 6.33. The monoisotopic (exact) mass is 337 g/mol. The van der Waals surface area contributed by atoms with Crippen molar-refractivity contribution >= 4 is 23.5 Å². The van der Waals surface area contributed by atoms with Crippen LogP contribution in [0.15, 0.2) is 24.3 Å². The zero-order chi connectivity index (χ0) is 16.7. The Hall–Kier alpha value is -1.55. The van der Waals surface area contributed by atoms with E-state index in [0.29, 0.717) is 17.1 Å². The first-order valence-corrected chi connectivity index (χ1v) is 8.63. The van der Waals surface area contributed by atoms with Gasteiger partial charge >= 0.3 is 5.97 Å². The Bertz CT molecular complexity index is 539. The van der Waals surface area contributed by atoms with Crippen molar-refractivity contribution in [1.29, 1.82) is 0 Å². The second kappa shape index (κ2) is 8.92. The molecule has 0 saturated heterocycles. The van der Waals surface area contributed by atoms with Gasteiger partial charge in [0, 0.05) is 12.6 Å². The highest BCUT2D eigenvalue weighted by atomic mass is 35.5. The van der Waals surface area contributed by atoms with Gasteiger partial charge in [0.15, 0.2) is 0 Å². The van der Waals surface area contributed by atoms with Gasteiger partial charge in [0.1, 0.15) is 0 Å². The number of rotatable bonds is 5. The summed E-state index contributed by atoms with van der Waals surface area (Å²) >= 11 is 6.19. The fraction of sp³-hybridized carbons (Fsp3) is 0.556. The molecule has 5 heteroatoms. The van der Waals surface area contributed by atoms with E-state index in [9.17, 15) is 9.59 Å². The Balaban J connectivity index is 2.19. The molecule has 23 heavy (non-hydrogen) atoms. The smallest absolute Gasteiger partial charge is 0.307 e. The lowest BCUT2D eigenvalue weighted by molar-refractivity contribution is -0.140. The molecule has 0 N–H and O–H groups in total. The van der Waals surface area contributed by atoms with Gasteiger partial charge in [-0.2, -0.15) is 0 Å². The van der Waals surface area contributed by atoms with Gasteiger partial charge in [0.2, 0.25) is 0 Å². The number of esters is 1. The van der Waals surface area contributed by atoms with Crippen LogP contribution in [0.2, 0.25) is 5.02 Å². The molecule has 1 aromatic rings. The lowest BCUT2D eigenvalue weighted by Crippen LogP contribution is -2.41. The molecule has 1 amide bonds. The maximum absolute atomic E-state index is 13.0. The molecule has 0 radical (unpaired) electrons. The normalized spacial score (nSPS) is 15.7. The molecule has 2 rings (SSSR count). The fourth-order valence-electron chi connectivity index (χ4n) is 3.12. The number of amides is 1. The summed E-state index contributed by atoms with van der Waals surface area (Å²) in [5, 5.41) is 0.453. The minimum absolute atomic E-state index is 0.0913. The van der Waals surface area contributed by atoms with Crippen molar-refractivity contribution in [3.8, 4) is 0 Å². The van der Waals surface area contributed by atoms with Crippen molar-refractivity contribution in [3.05, 3.63) is 34.9 Å². The summed E-state index contributed by atoms with van der Waals surface area (Å²) in [5.41, 5.74) is 0.503. The Labute approximate surface area is 142 Å². The first kappa shape index (κ1) is 17.8. The van der Waals surface area contributed by atoms with E-state index in [1.54, 1.807) is 12.1 Å². The molecule has 0 aliphatic heterocycles. The van der Waals surface area contributed by atoms with Crippen LogP contribution < -0.4 is 0 Å². The predicted octanol–water partition coefficient (Wildman–Crippen LogP) is 4.07. The molecule has 0 aromatic heterocycles. The molecule has 4 nitrogen and oxygen atoms in total. The first-order chi connectivity index (χ1) is 11.1. The van der Waals surface area contributed by atoms with Crippen LogP contribution in [-0.2, 0) is 9.53 Å². The summed E-state index contributed by atoms with van der Waals surface area (Å²) < 4.78 is 4.72. The van der Waals surface area contributed by atoms with E-state index in [1.165, 1.54) is 20.0 Å². The number of benzene rings is 1. The van der Waals surface area contributed by atoms with Gasteiger partial charge in [-0.3, -0.25) is 9.59 Å². The van der Waals surface area contributed by atoms with Gasteiger partial charge in [-0.1, -0.05) is 49.4 Å². The van der Waals surface area contributed by atoms with Gasteiger partial charge in [0.25, 0.3) is 5.91 Å². The standard InChI is InChI=1S/C18H24ClNO3/c1-23-17(21)12-13-20(14-8-4-2-3-5-9-14)18(22)15-10-6-7-11-16(15)19/h6-7,10-11,14H,2-5,8-9,12-13H2,1H3. The van der Waals surface area contributed by atoms with E-state index >= 15 is 0 Å². The van der Waals surface area contributed by atoms with E-state index in [1.807, 2.05) is 17.0 Å². The number of carbonyl (C=O) groups excluding carboxylic acids is 2. The summed E-state index contributed by atoms with van der Waals surface area (Å²) in [5.74, 6) is -0.387. The molecule has 1 aromatic carbocycles. The zero-order valence-corrected chi connectivity index (χ0v) is 14.3. The number of ether oxygens (including phenoxy) is 1. The van der Waals surface area contributed by atoms with Gasteiger partial charge in [-0.15, -0.1) is 0 Å². The summed E-state index contributed by atoms with van der Waals surface area (Å²) in [6.07, 6.45) is 6.84. The SMILES string of the molecule is COC(=O)CCN(C(=O)c1ccccc1Cl)C1CCCCCC1. The largest absolute Gasteiger partial charge is 0.469 e. The van der Waals surface area contributed by atoms with Gasteiger partial charge in [-0.05, 0) is 25.0 Å². The van der Waals surface area contributed by atoms with Crippen molar-refractivity contribution in [2.24, 2.45) is 0 Å².